The van der Waals surface area contributed by atoms with Gasteiger partial charge in [0.25, 0.3) is 0 Å². The fraction of sp³-hybridized carbons (Fsp3) is 0.543. The van der Waals surface area contributed by atoms with E-state index in [2.05, 4.69) is 55.4 Å². The van der Waals surface area contributed by atoms with E-state index in [1.54, 1.807) is 18.2 Å². The molecule has 2 aliphatic rings. The molecule has 0 aliphatic carbocycles. The summed E-state index contributed by atoms with van der Waals surface area (Å²) in [5, 5.41) is 21.3. The summed E-state index contributed by atoms with van der Waals surface area (Å²) in [5.41, 5.74) is 5.62. The van der Waals surface area contributed by atoms with Gasteiger partial charge in [-0.15, -0.1) is 0 Å². The van der Waals surface area contributed by atoms with Crippen LogP contribution in [-0.4, -0.2) is 118 Å². The fourth-order valence-corrected chi connectivity index (χ4v) is 8.98. The molecular weight excluding hydrogens is 882 g/mol. The van der Waals surface area contributed by atoms with Gasteiger partial charge in [0.15, 0.2) is 11.2 Å². The van der Waals surface area contributed by atoms with Gasteiger partial charge in [-0.2, -0.15) is 13.2 Å². The molecule has 2 aromatic heterocycles. The Morgan fingerprint density at radius 3 is 1.72 bits per heavy atom. The molecule has 4 heterocycles. The number of alkyl halides is 3. The third kappa shape index (κ3) is 15.0. The van der Waals surface area contributed by atoms with Crippen LogP contribution in [0.25, 0.3) is 22.5 Å². The first-order chi connectivity index (χ1) is 30.4. The Hall–Kier alpha value is -4.51. The smallest absolute Gasteiger partial charge is 0.446 e. The SMILES string of the molecule is CC[Si](CC)CC.COC(=O)c1ccc(C)c(-c2c(C)nc(C3(O)COC3)n2COCC[Si](C)(C)C)c1.COC(=O)c1ccc(C)c(-c2nc(C3(O)COC3)[nH]c2C)c1.O=CC(F)(F)F. The van der Waals surface area contributed by atoms with E-state index in [9.17, 15) is 33.0 Å². The lowest BCUT2D eigenvalue weighted by Gasteiger charge is -2.36. The van der Waals surface area contributed by atoms with Gasteiger partial charge in [-0.3, -0.25) is 4.79 Å². The van der Waals surface area contributed by atoms with Gasteiger partial charge in [0.1, 0.15) is 18.4 Å². The van der Waals surface area contributed by atoms with Gasteiger partial charge in [-0.1, -0.05) is 70.7 Å². The van der Waals surface area contributed by atoms with E-state index in [1.165, 1.54) is 32.4 Å². The van der Waals surface area contributed by atoms with Crippen molar-refractivity contribution in [3.8, 4) is 22.5 Å². The molecular formula is C46H66F3N4O10Si2. The lowest BCUT2D eigenvalue weighted by molar-refractivity contribution is -0.191. The second-order valence-electron chi connectivity index (χ2n) is 17.3. The van der Waals surface area contributed by atoms with Crippen LogP contribution in [0.4, 0.5) is 13.2 Å². The predicted octanol–water partition coefficient (Wildman–Crippen LogP) is 8.47. The Morgan fingerprint density at radius 1 is 0.846 bits per heavy atom. The van der Waals surface area contributed by atoms with Crippen molar-refractivity contribution in [2.45, 2.75) is 116 Å². The Labute approximate surface area is 382 Å². The molecule has 2 aromatic carbocycles. The first-order valence-corrected chi connectivity index (χ1v) is 27.3. The second-order valence-corrected chi connectivity index (χ2v) is 26.5. The summed E-state index contributed by atoms with van der Waals surface area (Å²) >= 11 is 0. The molecule has 65 heavy (non-hydrogen) atoms. The van der Waals surface area contributed by atoms with E-state index < -0.39 is 37.7 Å². The van der Waals surface area contributed by atoms with Gasteiger partial charge in [0.05, 0.1) is 68.9 Å². The largest absolute Gasteiger partial charge is 0.465 e. The molecule has 19 heteroatoms. The number of aryl methyl sites for hydroxylation is 4. The number of carbonyl (C=O) groups excluding carboxylic acids is 3. The van der Waals surface area contributed by atoms with Crippen molar-refractivity contribution in [1.29, 1.82) is 0 Å². The van der Waals surface area contributed by atoms with E-state index in [0.717, 1.165) is 51.1 Å². The van der Waals surface area contributed by atoms with Gasteiger partial charge < -0.3 is 43.4 Å². The summed E-state index contributed by atoms with van der Waals surface area (Å²) in [4.78, 5) is 44.8. The molecule has 1 radical (unpaired) electrons. The number of rotatable bonds is 14. The highest BCUT2D eigenvalue weighted by atomic mass is 28.3. The van der Waals surface area contributed by atoms with E-state index in [-0.39, 0.29) is 47.9 Å². The number of ether oxygens (including phenoxy) is 5. The summed E-state index contributed by atoms with van der Waals surface area (Å²) in [6.45, 7) is 23.4. The van der Waals surface area contributed by atoms with Crippen molar-refractivity contribution in [2.75, 3.05) is 47.3 Å². The number of aromatic nitrogens is 4. The monoisotopic (exact) mass is 947 g/mol. The quantitative estimate of drug-likeness (QED) is 0.0475. The summed E-state index contributed by atoms with van der Waals surface area (Å²) in [7, 11) is 1.64. The second kappa shape index (κ2) is 23.8. The molecule has 2 aliphatic heterocycles. The zero-order valence-corrected chi connectivity index (χ0v) is 41.7. The average molecular weight is 948 g/mol. The van der Waals surface area contributed by atoms with E-state index in [0.29, 0.717) is 29.4 Å². The molecule has 0 unspecified atom stereocenters. The maximum Gasteiger partial charge on any atom is 0.446 e. The van der Waals surface area contributed by atoms with Gasteiger partial charge in [-0.25, -0.2) is 19.6 Å². The average Bonchev–Trinajstić information content (AvgIpc) is 3.80. The number of H-pyrrole nitrogens is 1. The topological polar surface area (TPSA) is 184 Å². The van der Waals surface area contributed by atoms with E-state index in [1.807, 2.05) is 50.5 Å². The number of benzene rings is 2. The van der Waals surface area contributed by atoms with Crippen LogP contribution in [0.1, 0.15) is 75.7 Å². The van der Waals surface area contributed by atoms with Gasteiger partial charge in [-0.05, 0) is 69.1 Å². The van der Waals surface area contributed by atoms with Gasteiger partial charge >= 0.3 is 18.1 Å². The van der Waals surface area contributed by atoms with E-state index >= 15 is 0 Å². The molecule has 359 valence electrons. The number of hydrogen-bond donors (Lipinski definition) is 3. The number of esters is 2. The Kier molecular flexibility index (Phi) is 20.1. The first kappa shape index (κ1) is 54.8. The number of nitrogens with zero attached hydrogens (tertiary/aromatic N) is 3. The molecule has 3 N–H and O–H groups in total. The molecule has 6 rings (SSSR count). The van der Waals surface area contributed by atoms with Crippen molar-refractivity contribution < 1.29 is 61.5 Å². The third-order valence-corrected chi connectivity index (χ3v) is 15.6. The number of aliphatic hydroxyl groups is 2. The van der Waals surface area contributed by atoms with Gasteiger partial charge in [0, 0.05) is 40.3 Å². The van der Waals surface area contributed by atoms with Crippen molar-refractivity contribution in [3.05, 3.63) is 81.7 Å². The molecule has 14 nitrogen and oxygen atoms in total. The number of halogens is 3. The molecule has 2 fully saturated rings. The van der Waals surface area contributed by atoms with Crippen molar-refractivity contribution in [2.24, 2.45) is 0 Å². The van der Waals surface area contributed by atoms with Crippen LogP contribution in [0.3, 0.4) is 0 Å². The Morgan fingerprint density at radius 2 is 1.32 bits per heavy atom. The summed E-state index contributed by atoms with van der Waals surface area (Å²) in [5.74, 6) is 0.254. The van der Waals surface area contributed by atoms with Crippen molar-refractivity contribution in [1.82, 2.24) is 19.5 Å². The van der Waals surface area contributed by atoms with Crippen LogP contribution in [0, 0.1) is 27.7 Å². The lowest BCUT2D eigenvalue weighted by Crippen LogP contribution is -2.48. The van der Waals surface area contributed by atoms with Crippen LogP contribution in [0.5, 0.6) is 0 Å². The number of hydrogen-bond acceptors (Lipinski definition) is 12. The Balaban J connectivity index is 0.000000278. The standard InChI is InChI=1S/C22H32N2O5Si.C16H18N2O4.C6H15Si.C2HF3O/c1-15-7-8-17(20(25)27-3)11-18(15)19-16(2)23-21(22(26)12-29-13-22)24(19)14-28-9-10-30(4,5)6;1-9-4-5-11(14(19)21-3)6-12(9)13-10(2)17-15(18-13)16(20)7-22-8-16;1-4-7(5-2)6-3;3-2(4,5)1-6/h7-8,11,26H,9-10,12-14H2,1-6H3;4-6,20H,7-8H2,1-3H3,(H,17,18);4-6H2,1-3H3;1H. The number of aldehydes is 1. The summed E-state index contributed by atoms with van der Waals surface area (Å²) in [6.07, 6.45) is -5.70. The molecule has 0 saturated carbocycles. The molecule has 0 spiro atoms. The normalized spacial score (nSPS) is 14.9. The van der Waals surface area contributed by atoms with Crippen LogP contribution in [0.2, 0.25) is 43.8 Å². The highest BCUT2D eigenvalue weighted by molar-refractivity contribution is 6.76. The van der Waals surface area contributed by atoms with Gasteiger partial charge in [0.2, 0.25) is 6.29 Å². The minimum absolute atomic E-state index is 0.137. The van der Waals surface area contributed by atoms with Crippen molar-refractivity contribution >= 4 is 35.1 Å². The molecule has 2 saturated heterocycles. The minimum Gasteiger partial charge on any atom is -0.465 e. The molecule has 4 aromatic rings. The molecule has 0 bridgehead atoms. The molecule has 0 amide bonds. The van der Waals surface area contributed by atoms with Crippen LogP contribution >= 0.6 is 0 Å². The maximum absolute atomic E-state index is 12.1. The first-order valence-electron chi connectivity index (χ1n) is 21.5. The highest BCUT2D eigenvalue weighted by Gasteiger charge is 2.44. The maximum atomic E-state index is 12.1. The van der Waals surface area contributed by atoms with E-state index in [4.69, 9.17) is 28.5 Å². The lowest BCUT2D eigenvalue weighted by atomic mass is 10.00. The summed E-state index contributed by atoms with van der Waals surface area (Å²) < 4.78 is 59.2. The highest BCUT2D eigenvalue weighted by Crippen LogP contribution is 2.36. The van der Waals surface area contributed by atoms with Crippen LogP contribution < -0.4 is 0 Å². The zero-order chi connectivity index (χ0) is 48.9. The minimum atomic E-state index is -4.64. The van der Waals surface area contributed by atoms with Crippen LogP contribution in [0.15, 0.2) is 36.4 Å². The number of imidazole rings is 2. The number of aromatic amines is 1. The number of methoxy groups -OCH3 is 2. The fourth-order valence-electron chi connectivity index (χ4n) is 6.72. The van der Waals surface area contributed by atoms with Crippen molar-refractivity contribution in [3.63, 3.8) is 0 Å². The third-order valence-electron chi connectivity index (χ3n) is 10.9. The van der Waals surface area contributed by atoms with Crippen LogP contribution in [-0.2, 0) is 46.4 Å². The predicted molar refractivity (Wildman–Crippen MR) is 246 cm³/mol. The Bertz CT molecular complexity index is 2200. The zero-order valence-electron chi connectivity index (χ0n) is 39.7. The molecule has 0 atom stereocenters. The number of carbonyl (C=O) groups is 3. The number of nitrogens with one attached hydrogen (secondary N) is 1. The summed E-state index contributed by atoms with van der Waals surface area (Å²) in [6, 6.07) is 16.2.